The molecule has 202 valence electrons. The van der Waals surface area contributed by atoms with E-state index < -0.39 is 0 Å². The Hall–Kier alpha value is -4.34. The number of carbonyl (C=O) groups is 1. The Balaban J connectivity index is 1.07. The van der Waals surface area contributed by atoms with Gasteiger partial charge in [0.15, 0.2) is 0 Å². The second kappa shape index (κ2) is 11.8. The van der Waals surface area contributed by atoms with Crippen molar-refractivity contribution in [3.63, 3.8) is 0 Å². The van der Waals surface area contributed by atoms with E-state index in [1.54, 1.807) is 30.5 Å². The molecule has 0 saturated carbocycles. The van der Waals surface area contributed by atoms with Crippen molar-refractivity contribution in [2.45, 2.75) is 18.3 Å². The van der Waals surface area contributed by atoms with Crippen LogP contribution in [-0.2, 0) is 20.1 Å². The van der Waals surface area contributed by atoms with E-state index in [2.05, 4.69) is 27.8 Å². The fourth-order valence-corrected chi connectivity index (χ4v) is 5.59. The lowest BCUT2D eigenvalue weighted by Crippen LogP contribution is -2.14. The Bertz CT molecular complexity index is 1600. The van der Waals surface area contributed by atoms with Gasteiger partial charge in [-0.2, -0.15) is 0 Å². The monoisotopic (exact) mass is 551 g/mol. The maximum Gasteiger partial charge on any atom is 0.257 e. The van der Waals surface area contributed by atoms with Crippen molar-refractivity contribution >= 4 is 34.4 Å². The molecule has 40 heavy (non-hydrogen) atoms. The number of aryl methyl sites for hydroxylation is 1. The molecule has 8 nitrogen and oxygen atoms in total. The minimum atomic E-state index is -0.212. The molecule has 1 aliphatic rings. The number of rotatable bonds is 9. The standard InChI is InChI=1S/C31H29N5O3S/c1-36-29-16-26(39-25-10-6-23(7-11-25)34-31(37)22-3-2-14-32-17-22)12-13-28(29)35-30(36)19-38-24-8-4-21(5-9-24)15-27-18-33-20-40-27/h2-14,16-17,27,33H,15,18-20H2,1H3,(H,34,37). The highest BCUT2D eigenvalue weighted by molar-refractivity contribution is 8.00. The van der Waals surface area contributed by atoms with Gasteiger partial charge in [0, 0.05) is 48.9 Å². The lowest BCUT2D eigenvalue weighted by Gasteiger charge is -2.10. The summed E-state index contributed by atoms with van der Waals surface area (Å²) in [7, 11) is 1.98. The van der Waals surface area contributed by atoms with E-state index in [1.165, 1.54) is 11.8 Å². The number of nitrogens with one attached hydrogen (secondary N) is 2. The van der Waals surface area contributed by atoms with Crippen molar-refractivity contribution in [2.24, 2.45) is 7.05 Å². The molecule has 0 spiro atoms. The van der Waals surface area contributed by atoms with Gasteiger partial charge in [-0.25, -0.2) is 4.98 Å². The summed E-state index contributed by atoms with van der Waals surface area (Å²) >= 11 is 1.98. The van der Waals surface area contributed by atoms with Crippen LogP contribution in [0, 0.1) is 0 Å². The minimum Gasteiger partial charge on any atom is -0.486 e. The van der Waals surface area contributed by atoms with Crippen LogP contribution < -0.4 is 20.1 Å². The number of carbonyl (C=O) groups excluding carboxylic acids is 1. The van der Waals surface area contributed by atoms with E-state index in [1.807, 2.05) is 65.8 Å². The first kappa shape index (κ1) is 25.9. The molecule has 0 radical (unpaired) electrons. The van der Waals surface area contributed by atoms with Crippen LogP contribution >= 0.6 is 11.8 Å². The molecule has 2 aromatic heterocycles. The Kier molecular flexibility index (Phi) is 7.65. The summed E-state index contributed by atoms with van der Waals surface area (Å²) in [6, 6.07) is 24.9. The molecule has 1 atom stereocenters. The lowest BCUT2D eigenvalue weighted by molar-refractivity contribution is 0.102. The molecule has 1 amide bonds. The molecular weight excluding hydrogens is 522 g/mol. The third-order valence-electron chi connectivity index (χ3n) is 6.76. The number of anilines is 1. The van der Waals surface area contributed by atoms with Crippen LogP contribution in [0.5, 0.6) is 17.2 Å². The molecular formula is C31H29N5O3S. The van der Waals surface area contributed by atoms with Crippen molar-refractivity contribution in [3.05, 3.63) is 108 Å². The number of nitrogens with zero attached hydrogens (tertiary/aromatic N) is 3. The Morgan fingerprint density at radius 1 is 1.05 bits per heavy atom. The highest BCUT2D eigenvalue weighted by Gasteiger charge is 2.15. The summed E-state index contributed by atoms with van der Waals surface area (Å²) in [6.45, 7) is 1.44. The molecule has 9 heteroatoms. The third kappa shape index (κ3) is 6.11. The normalized spacial score (nSPS) is 14.8. The van der Waals surface area contributed by atoms with Gasteiger partial charge in [0.05, 0.1) is 16.6 Å². The number of pyridine rings is 1. The number of amides is 1. The van der Waals surface area contributed by atoms with Gasteiger partial charge in [0.25, 0.3) is 5.91 Å². The van der Waals surface area contributed by atoms with Crippen molar-refractivity contribution < 1.29 is 14.3 Å². The third-order valence-corrected chi connectivity index (χ3v) is 7.94. The summed E-state index contributed by atoms with van der Waals surface area (Å²) in [5.74, 6) is 3.85. The summed E-state index contributed by atoms with van der Waals surface area (Å²) in [4.78, 5) is 21.1. The van der Waals surface area contributed by atoms with E-state index in [0.29, 0.717) is 34.6 Å². The molecule has 0 bridgehead atoms. The number of fused-ring (bicyclic) bond motifs is 1. The summed E-state index contributed by atoms with van der Waals surface area (Å²) < 4.78 is 14.2. The zero-order chi connectivity index (χ0) is 27.3. The highest BCUT2D eigenvalue weighted by atomic mass is 32.2. The molecule has 1 saturated heterocycles. The molecule has 3 aromatic carbocycles. The highest BCUT2D eigenvalue weighted by Crippen LogP contribution is 2.28. The van der Waals surface area contributed by atoms with E-state index in [9.17, 15) is 4.79 Å². The fraction of sp³-hybridized carbons (Fsp3) is 0.194. The first-order valence-electron chi connectivity index (χ1n) is 13.1. The molecule has 1 fully saturated rings. The zero-order valence-corrected chi connectivity index (χ0v) is 22.9. The largest absolute Gasteiger partial charge is 0.486 e. The van der Waals surface area contributed by atoms with Crippen LogP contribution in [0.3, 0.4) is 0 Å². The molecule has 2 N–H and O–H groups in total. The van der Waals surface area contributed by atoms with E-state index in [4.69, 9.17) is 14.5 Å². The molecule has 0 aliphatic carbocycles. The SMILES string of the molecule is Cn1c(COc2ccc(CC3CNCS3)cc2)nc2ccc(Oc3ccc(NC(=O)c4cccnc4)cc3)cc21. The number of benzene rings is 3. The minimum absolute atomic E-state index is 0.212. The van der Waals surface area contributed by atoms with Crippen molar-refractivity contribution in [1.82, 2.24) is 19.9 Å². The Labute approximate surface area is 236 Å². The van der Waals surface area contributed by atoms with Crippen LogP contribution in [0.1, 0.15) is 21.7 Å². The van der Waals surface area contributed by atoms with Gasteiger partial charge in [-0.15, -0.1) is 11.8 Å². The van der Waals surface area contributed by atoms with Gasteiger partial charge in [0.1, 0.15) is 29.7 Å². The molecule has 1 aliphatic heterocycles. The van der Waals surface area contributed by atoms with Crippen molar-refractivity contribution in [3.8, 4) is 17.2 Å². The maximum absolute atomic E-state index is 12.3. The number of thioether (sulfide) groups is 1. The molecule has 3 heterocycles. The number of hydrogen-bond donors (Lipinski definition) is 2. The molecule has 5 aromatic rings. The first-order valence-corrected chi connectivity index (χ1v) is 14.1. The predicted molar refractivity (Wildman–Crippen MR) is 158 cm³/mol. The van der Waals surface area contributed by atoms with Gasteiger partial charge >= 0.3 is 0 Å². The molecule has 1 unspecified atom stereocenters. The lowest BCUT2D eigenvalue weighted by atomic mass is 10.1. The van der Waals surface area contributed by atoms with E-state index in [0.717, 1.165) is 41.4 Å². The number of ether oxygens (including phenoxy) is 2. The van der Waals surface area contributed by atoms with Crippen LogP contribution in [0.2, 0.25) is 0 Å². The summed E-state index contributed by atoms with van der Waals surface area (Å²) in [5.41, 5.74) is 4.33. The van der Waals surface area contributed by atoms with Crippen molar-refractivity contribution in [2.75, 3.05) is 17.7 Å². The van der Waals surface area contributed by atoms with E-state index in [-0.39, 0.29) is 5.91 Å². The van der Waals surface area contributed by atoms with Gasteiger partial charge in [-0.1, -0.05) is 12.1 Å². The average molecular weight is 552 g/mol. The van der Waals surface area contributed by atoms with Gasteiger partial charge in [-0.3, -0.25) is 9.78 Å². The summed E-state index contributed by atoms with van der Waals surface area (Å²) in [6.07, 6.45) is 4.24. The quantitative estimate of drug-likeness (QED) is 0.239. The topological polar surface area (TPSA) is 90.3 Å². The van der Waals surface area contributed by atoms with E-state index >= 15 is 0 Å². The zero-order valence-electron chi connectivity index (χ0n) is 22.0. The predicted octanol–water partition coefficient (Wildman–Crippen LogP) is 5.80. The number of hydrogen-bond acceptors (Lipinski definition) is 7. The first-order chi connectivity index (χ1) is 19.6. The number of imidazole rings is 1. The fourth-order valence-electron chi connectivity index (χ4n) is 4.57. The summed E-state index contributed by atoms with van der Waals surface area (Å²) in [5, 5.41) is 6.90. The Morgan fingerprint density at radius 2 is 1.85 bits per heavy atom. The second-order valence-electron chi connectivity index (χ2n) is 9.58. The smallest absolute Gasteiger partial charge is 0.257 e. The Morgan fingerprint density at radius 3 is 2.60 bits per heavy atom. The van der Waals surface area contributed by atoms with Crippen LogP contribution in [0.25, 0.3) is 11.0 Å². The van der Waals surface area contributed by atoms with Crippen LogP contribution in [0.15, 0.2) is 91.3 Å². The van der Waals surface area contributed by atoms with Crippen LogP contribution in [0.4, 0.5) is 5.69 Å². The number of aromatic nitrogens is 3. The maximum atomic E-state index is 12.3. The average Bonchev–Trinajstić information content (AvgIpc) is 3.61. The molecule has 6 rings (SSSR count). The van der Waals surface area contributed by atoms with Gasteiger partial charge < -0.3 is 24.7 Å². The van der Waals surface area contributed by atoms with Crippen LogP contribution in [-0.4, -0.2) is 38.1 Å². The van der Waals surface area contributed by atoms with Gasteiger partial charge in [0.2, 0.25) is 0 Å². The van der Waals surface area contributed by atoms with Gasteiger partial charge in [-0.05, 0) is 72.6 Å². The van der Waals surface area contributed by atoms with Crippen molar-refractivity contribution in [1.29, 1.82) is 0 Å². The second-order valence-corrected chi connectivity index (χ2v) is 10.9.